The molecule has 6 nitrogen and oxygen atoms in total. The van der Waals surface area contributed by atoms with Gasteiger partial charge in [-0.1, -0.05) is 0 Å². The summed E-state index contributed by atoms with van der Waals surface area (Å²) in [4.78, 5) is 28.9. The molecule has 3 amide bonds. The minimum atomic E-state index is -1.02. The Kier molecular flexibility index (Phi) is 5.71. The number of urea groups is 1. The first-order chi connectivity index (χ1) is 11.3. The molecule has 2 rings (SSSR count). The number of carbonyl (C=O) groups excluding carboxylic acids is 2. The van der Waals surface area contributed by atoms with E-state index in [1.807, 2.05) is 13.8 Å². The second-order valence-electron chi connectivity index (χ2n) is 5.86. The van der Waals surface area contributed by atoms with Crippen LogP contribution in [0.25, 0.3) is 0 Å². The Morgan fingerprint density at radius 3 is 2.58 bits per heavy atom. The first-order valence-electron chi connectivity index (χ1n) is 7.77. The molecule has 0 atom stereocenters. The van der Waals surface area contributed by atoms with Crippen LogP contribution in [0.3, 0.4) is 0 Å². The number of benzene rings is 1. The lowest BCUT2D eigenvalue weighted by Crippen LogP contribution is -2.46. The van der Waals surface area contributed by atoms with E-state index in [1.165, 1.54) is 20.8 Å². The van der Waals surface area contributed by atoms with Gasteiger partial charge in [0.15, 0.2) is 11.6 Å². The number of aliphatic hydroxyl groups is 1. The average molecular weight is 341 g/mol. The smallest absolute Gasteiger partial charge is 0.325 e. The van der Waals surface area contributed by atoms with Crippen molar-refractivity contribution in [2.75, 3.05) is 37.7 Å². The highest BCUT2D eigenvalue weighted by atomic mass is 19.2. The monoisotopic (exact) mass is 341 g/mol. The predicted molar refractivity (Wildman–Crippen MR) is 84.6 cm³/mol. The van der Waals surface area contributed by atoms with Crippen LogP contribution in [0, 0.1) is 11.6 Å². The third-order valence-corrected chi connectivity index (χ3v) is 3.92. The third kappa shape index (κ3) is 3.81. The van der Waals surface area contributed by atoms with Crippen LogP contribution in [0.2, 0.25) is 0 Å². The number of hydrogen-bond acceptors (Lipinski definition) is 3. The Labute approximate surface area is 139 Å². The summed E-state index contributed by atoms with van der Waals surface area (Å²) in [7, 11) is 0. The van der Waals surface area contributed by atoms with Gasteiger partial charge in [-0.2, -0.15) is 0 Å². The second-order valence-corrected chi connectivity index (χ2v) is 5.86. The molecule has 1 fully saturated rings. The fourth-order valence-electron chi connectivity index (χ4n) is 2.65. The minimum absolute atomic E-state index is 0.0929. The summed E-state index contributed by atoms with van der Waals surface area (Å²) in [5, 5.41) is 9.04. The van der Waals surface area contributed by atoms with Crippen LogP contribution in [0.4, 0.5) is 19.3 Å². The van der Waals surface area contributed by atoms with Crippen LogP contribution in [0.5, 0.6) is 0 Å². The molecule has 1 aliphatic rings. The molecular formula is C16H21F2N3O3. The van der Waals surface area contributed by atoms with E-state index in [0.29, 0.717) is 13.1 Å². The zero-order valence-corrected chi connectivity index (χ0v) is 13.7. The van der Waals surface area contributed by atoms with E-state index in [9.17, 15) is 18.4 Å². The fourth-order valence-corrected chi connectivity index (χ4v) is 2.65. The van der Waals surface area contributed by atoms with E-state index >= 15 is 0 Å². The molecule has 0 saturated carbocycles. The zero-order valence-electron chi connectivity index (χ0n) is 13.7. The van der Waals surface area contributed by atoms with Gasteiger partial charge >= 0.3 is 6.03 Å². The molecule has 1 heterocycles. The standard InChI is InChI=1S/C16H21F2N3O3/c1-11(2)20(7-8-22)15(23)10-19-5-6-21(16(19)24)12-3-4-13(17)14(18)9-12/h3-4,9,11,22H,5-8,10H2,1-2H3. The van der Waals surface area contributed by atoms with Crippen molar-refractivity contribution in [2.45, 2.75) is 19.9 Å². The van der Waals surface area contributed by atoms with Crippen molar-refractivity contribution in [2.24, 2.45) is 0 Å². The number of amides is 3. The van der Waals surface area contributed by atoms with Crippen LogP contribution >= 0.6 is 0 Å². The van der Waals surface area contributed by atoms with Crippen molar-refractivity contribution in [3.05, 3.63) is 29.8 Å². The quantitative estimate of drug-likeness (QED) is 0.851. The molecule has 0 unspecified atom stereocenters. The number of anilines is 1. The Balaban J connectivity index is 2.05. The lowest BCUT2D eigenvalue weighted by Gasteiger charge is -2.28. The maximum Gasteiger partial charge on any atom is 0.325 e. The van der Waals surface area contributed by atoms with Gasteiger partial charge in [-0.3, -0.25) is 9.69 Å². The average Bonchev–Trinajstić information content (AvgIpc) is 2.88. The second kappa shape index (κ2) is 7.57. The largest absolute Gasteiger partial charge is 0.395 e. The summed E-state index contributed by atoms with van der Waals surface area (Å²) in [5.74, 6) is -2.27. The molecule has 1 saturated heterocycles. The zero-order chi connectivity index (χ0) is 17.9. The molecule has 8 heteroatoms. The van der Waals surface area contributed by atoms with Crippen LogP contribution in [-0.4, -0.2) is 65.7 Å². The van der Waals surface area contributed by atoms with Gasteiger partial charge in [0.25, 0.3) is 0 Å². The van der Waals surface area contributed by atoms with E-state index in [0.717, 1.165) is 12.1 Å². The van der Waals surface area contributed by atoms with Crippen molar-refractivity contribution in [3.8, 4) is 0 Å². The van der Waals surface area contributed by atoms with Crippen molar-refractivity contribution in [1.29, 1.82) is 0 Å². The lowest BCUT2D eigenvalue weighted by atomic mass is 10.3. The number of aliphatic hydroxyl groups excluding tert-OH is 1. The molecule has 24 heavy (non-hydrogen) atoms. The molecule has 1 N–H and O–H groups in total. The van der Waals surface area contributed by atoms with Gasteiger partial charge < -0.3 is 14.9 Å². The Hall–Kier alpha value is -2.22. The summed E-state index contributed by atoms with van der Waals surface area (Å²) in [6.45, 7) is 4.19. The highest BCUT2D eigenvalue weighted by molar-refractivity contribution is 5.96. The highest BCUT2D eigenvalue weighted by Crippen LogP contribution is 2.22. The predicted octanol–water partition coefficient (Wildman–Crippen LogP) is 1.44. The maximum absolute atomic E-state index is 13.3. The van der Waals surface area contributed by atoms with Gasteiger partial charge in [0.05, 0.1) is 6.61 Å². The lowest BCUT2D eigenvalue weighted by molar-refractivity contribution is -0.133. The summed E-state index contributed by atoms with van der Waals surface area (Å²) in [5.41, 5.74) is 0.255. The summed E-state index contributed by atoms with van der Waals surface area (Å²) >= 11 is 0. The molecule has 0 bridgehead atoms. The Morgan fingerprint density at radius 1 is 1.29 bits per heavy atom. The summed E-state index contributed by atoms with van der Waals surface area (Å²) in [6, 6.07) is 2.73. The van der Waals surface area contributed by atoms with Gasteiger partial charge in [0.1, 0.15) is 6.54 Å². The van der Waals surface area contributed by atoms with Crippen LogP contribution in [0.15, 0.2) is 18.2 Å². The molecule has 0 spiro atoms. The van der Waals surface area contributed by atoms with Gasteiger partial charge in [-0.25, -0.2) is 13.6 Å². The SMILES string of the molecule is CC(C)N(CCO)C(=O)CN1CCN(c2ccc(F)c(F)c2)C1=O. The van der Waals surface area contributed by atoms with Gasteiger partial charge in [0, 0.05) is 37.4 Å². The van der Waals surface area contributed by atoms with Gasteiger partial charge in [0.2, 0.25) is 5.91 Å². The number of halogens is 2. The summed E-state index contributed by atoms with van der Waals surface area (Å²) < 4.78 is 26.3. The molecular weight excluding hydrogens is 320 g/mol. The maximum atomic E-state index is 13.3. The number of carbonyl (C=O) groups is 2. The van der Waals surface area contributed by atoms with Crippen LogP contribution in [-0.2, 0) is 4.79 Å². The molecule has 0 aliphatic carbocycles. The molecule has 0 aromatic heterocycles. The fraction of sp³-hybridized carbons (Fsp3) is 0.500. The topological polar surface area (TPSA) is 64.1 Å². The van der Waals surface area contributed by atoms with Crippen molar-refractivity contribution in [1.82, 2.24) is 9.80 Å². The first-order valence-corrected chi connectivity index (χ1v) is 7.77. The van der Waals surface area contributed by atoms with E-state index in [2.05, 4.69) is 0 Å². The molecule has 1 aliphatic heterocycles. The van der Waals surface area contributed by atoms with Gasteiger partial charge in [-0.15, -0.1) is 0 Å². The molecule has 132 valence electrons. The minimum Gasteiger partial charge on any atom is -0.395 e. The number of hydrogen-bond donors (Lipinski definition) is 1. The van der Waals surface area contributed by atoms with E-state index in [-0.39, 0.29) is 37.3 Å². The first kappa shape index (κ1) is 18.1. The van der Waals surface area contributed by atoms with Crippen molar-refractivity contribution in [3.63, 3.8) is 0 Å². The summed E-state index contributed by atoms with van der Waals surface area (Å²) in [6.07, 6.45) is 0. The van der Waals surface area contributed by atoms with Crippen LogP contribution < -0.4 is 4.90 Å². The van der Waals surface area contributed by atoms with Crippen LogP contribution in [0.1, 0.15) is 13.8 Å². The van der Waals surface area contributed by atoms with E-state index in [1.54, 1.807) is 0 Å². The van der Waals surface area contributed by atoms with Crippen molar-refractivity contribution < 1.29 is 23.5 Å². The Bertz CT molecular complexity index is 625. The van der Waals surface area contributed by atoms with E-state index in [4.69, 9.17) is 5.11 Å². The van der Waals surface area contributed by atoms with Crippen molar-refractivity contribution >= 4 is 17.6 Å². The normalized spacial score (nSPS) is 14.7. The highest BCUT2D eigenvalue weighted by Gasteiger charge is 2.32. The van der Waals surface area contributed by atoms with E-state index < -0.39 is 17.7 Å². The number of nitrogens with zero attached hydrogens (tertiary/aromatic N) is 3. The molecule has 0 radical (unpaired) electrons. The van der Waals surface area contributed by atoms with Gasteiger partial charge in [-0.05, 0) is 26.0 Å². The third-order valence-electron chi connectivity index (χ3n) is 3.92. The molecule has 1 aromatic rings. The Morgan fingerprint density at radius 2 is 2.00 bits per heavy atom. The number of rotatable bonds is 6. The molecule has 1 aromatic carbocycles.